The molecule has 0 amide bonds. The van der Waals surface area contributed by atoms with Crippen LogP contribution in [0.5, 0.6) is 0 Å². The molecule has 5 heteroatoms. The molecule has 0 fully saturated rings. The number of nitro groups is 1. The number of fused-ring (bicyclic) bond motifs is 3. The Kier molecular flexibility index (Phi) is 3.15. The summed E-state index contributed by atoms with van der Waals surface area (Å²) in [5, 5.41) is 14.1. The molecule has 1 N–H and O–H groups in total. The van der Waals surface area contributed by atoms with Gasteiger partial charge in [0.05, 0.1) is 16.7 Å². The van der Waals surface area contributed by atoms with E-state index in [0.29, 0.717) is 11.6 Å². The molecule has 0 saturated heterocycles. The van der Waals surface area contributed by atoms with Gasteiger partial charge in [0.1, 0.15) is 5.82 Å². The summed E-state index contributed by atoms with van der Waals surface area (Å²) in [4.78, 5) is 10.4. The van der Waals surface area contributed by atoms with Gasteiger partial charge in [-0.25, -0.2) is 4.39 Å². The van der Waals surface area contributed by atoms with E-state index in [1.807, 2.05) is 6.07 Å². The number of nitrogens with one attached hydrogen (secondary N) is 1. The van der Waals surface area contributed by atoms with Crippen molar-refractivity contribution < 1.29 is 9.31 Å². The lowest BCUT2D eigenvalue weighted by atomic mass is 9.77. The molecule has 2 aliphatic rings. The molecule has 0 radical (unpaired) electrons. The summed E-state index contributed by atoms with van der Waals surface area (Å²) < 4.78 is 14.2. The predicted molar refractivity (Wildman–Crippen MR) is 85.8 cm³/mol. The van der Waals surface area contributed by atoms with Crippen LogP contribution >= 0.6 is 0 Å². The van der Waals surface area contributed by atoms with E-state index in [-0.39, 0.29) is 23.5 Å². The van der Waals surface area contributed by atoms with Crippen LogP contribution in [0.4, 0.5) is 15.8 Å². The van der Waals surface area contributed by atoms with E-state index in [1.165, 1.54) is 18.2 Å². The Hall–Kier alpha value is -2.69. The predicted octanol–water partition coefficient (Wildman–Crippen LogP) is 4.56. The van der Waals surface area contributed by atoms with Crippen LogP contribution in [-0.2, 0) is 0 Å². The van der Waals surface area contributed by atoms with E-state index in [0.717, 1.165) is 17.5 Å². The molecular weight excluding hydrogens is 295 g/mol. The number of halogens is 1. The largest absolute Gasteiger partial charge is 0.375 e. The first-order valence-electron chi connectivity index (χ1n) is 7.61. The first-order valence-corrected chi connectivity index (χ1v) is 7.61. The Balaban J connectivity index is 1.75. The lowest BCUT2D eigenvalue weighted by molar-refractivity contribution is -0.384. The van der Waals surface area contributed by atoms with Crippen molar-refractivity contribution in [3.8, 4) is 0 Å². The summed E-state index contributed by atoms with van der Waals surface area (Å²) in [5.74, 6) is 0.223. The molecule has 116 valence electrons. The van der Waals surface area contributed by atoms with Crippen LogP contribution in [0.2, 0.25) is 0 Å². The normalized spacial score (nSPS) is 24.7. The molecule has 0 saturated carbocycles. The lowest BCUT2D eigenvalue weighted by Gasteiger charge is -2.37. The van der Waals surface area contributed by atoms with Crippen molar-refractivity contribution in [1.82, 2.24) is 0 Å². The van der Waals surface area contributed by atoms with Crippen LogP contribution < -0.4 is 5.32 Å². The smallest absolute Gasteiger partial charge is 0.269 e. The van der Waals surface area contributed by atoms with Crippen molar-refractivity contribution in [2.45, 2.75) is 18.4 Å². The monoisotopic (exact) mass is 310 g/mol. The SMILES string of the molecule is O=[N+]([O-])c1ccc([C@@H]2Nc3c(F)cccc3[C@@H]3C=CC[C@@H]32)cc1. The fraction of sp³-hybridized carbons (Fsp3) is 0.222. The molecule has 1 heterocycles. The van der Waals surface area contributed by atoms with Gasteiger partial charge in [0.25, 0.3) is 5.69 Å². The molecule has 0 spiro atoms. The zero-order chi connectivity index (χ0) is 16.0. The van der Waals surface area contributed by atoms with Crippen molar-refractivity contribution in [2.75, 3.05) is 5.32 Å². The van der Waals surface area contributed by atoms with Gasteiger partial charge in [-0.3, -0.25) is 10.1 Å². The Morgan fingerprint density at radius 1 is 1.17 bits per heavy atom. The first-order chi connectivity index (χ1) is 11.1. The van der Waals surface area contributed by atoms with Gasteiger partial charge in [-0.05, 0) is 29.5 Å². The molecular formula is C18H15FN2O2. The Labute approximate surface area is 132 Å². The van der Waals surface area contributed by atoms with E-state index in [2.05, 4.69) is 17.5 Å². The van der Waals surface area contributed by atoms with E-state index in [1.54, 1.807) is 18.2 Å². The van der Waals surface area contributed by atoms with Crippen molar-refractivity contribution in [3.05, 3.63) is 81.7 Å². The van der Waals surface area contributed by atoms with Crippen LogP contribution in [0.3, 0.4) is 0 Å². The zero-order valence-electron chi connectivity index (χ0n) is 12.3. The highest BCUT2D eigenvalue weighted by Crippen LogP contribution is 2.50. The maximum atomic E-state index is 14.2. The minimum absolute atomic E-state index is 0.0554. The summed E-state index contributed by atoms with van der Waals surface area (Å²) in [6.07, 6.45) is 5.19. The van der Waals surface area contributed by atoms with Gasteiger partial charge < -0.3 is 5.32 Å². The van der Waals surface area contributed by atoms with Gasteiger partial charge in [-0.2, -0.15) is 0 Å². The molecule has 3 atom stereocenters. The highest BCUT2D eigenvalue weighted by atomic mass is 19.1. The number of hydrogen-bond acceptors (Lipinski definition) is 3. The van der Waals surface area contributed by atoms with E-state index in [4.69, 9.17) is 0 Å². The summed E-state index contributed by atoms with van der Waals surface area (Å²) in [7, 11) is 0. The highest BCUT2D eigenvalue weighted by molar-refractivity contribution is 5.60. The molecule has 1 aliphatic carbocycles. The summed E-state index contributed by atoms with van der Waals surface area (Å²) in [5.41, 5.74) is 2.55. The molecule has 4 rings (SSSR count). The van der Waals surface area contributed by atoms with Crippen LogP contribution in [-0.4, -0.2) is 4.92 Å². The first kappa shape index (κ1) is 13.9. The van der Waals surface area contributed by atoms with Crippen LogP contribution in [0, 0.1) is 21.8 Å². The number of para-hydroxylation sites is 1. The second-order valence-corrected chi connectivity index (χ2v) is 6.03. The van der Waals surface area contributed by atoms with Crippen molar-refractivity contribution in [1.29, 1.82) is 0 Å². The Morgan fingerprint density at radius 2 is 1.96 bits per heavy atom. The highest BCUT2D eigenvalue weighted by Gasteiger charge is 2.38. The number of rotatable bonds is 2. The summed E-state index contributed by atoms with van der Waals surface area (Å²) in [6.45, 7) is 0. The molecule has 0 bridgehead atoms. The van der Waals surface area contributed by atoms with Gasteiger partial charge in [0, 0.05) is 18.1 Å². The number of hydrogen-bond donors (Lipinski definition) is 1. The number of anilines is 1. The van der Waals surface area contributed by atoms with Crippen LogP contribution in [0.15, 0.2) is 54.6 Å². The van der Waals surface area contributed by atoms with Crippen molar-refractivity contribution in [3.63, 3.8) is 0 Å². The van der Waals surface area contributed by atoms with Gasteiger partial charge in [-0.15, -0.1) is 0 Å². The number of non-ortho nitro benzene ring substituents is 1. The third-order valence-corrected chi connectivity index (χ3v) is 4.81. The van der Waals surface area contributed by atoms with Crippen LogP contribution in [0.1, 0.15) is 29.5 Å². The second kappa shape index (κ2) is 5.19. The van der Waals surface area contributed by atoms with Crippen LogP contribution in [0.25, 0.3) is 0 Å². The number of nitrogens with zero attached hydrogens (tertiary/aromatic N) is 1. The van der Waals surface area contributed by atoms with Gasteiger partial charge >= 0.3 is 0 Å². The zero-order valence-corrected chi connectivity index (χ0v) is 12.3. The molecule has 1 aliphatic heterocycles. The van der Waals surface area contributed by atoms with E-state index < -0.39 is 4.92 Å². The topological polar surface area (TPSA) is 55.2 Å². The second-order valence-electron chi connectivity index (χ2n) is 6.03. The summed E-state index contributed by atoms with van der Waals surface area (Å²) >= 11 is 0. The average molecular weight is 310 g/mol. The van der Waals surface area contributed by atoms with Crippen molar-refractivity contribution >= 4 is 11.4 Å². The Bertz CT molecular complexity index is 801. The van der Waals surface area contributed by atoms with Gasteiger partial charge in [0.2, 0.25) is 0 Å². The number of nitro benzene ring substituents is 1. The third kappa shape index (κ3) is 2.20. The van der Waals surface area contributed by atoms with Gasteiger partial charge in [-0.1, -0.05) is 36.4 Å². The molecule has 0 unspecified atom stereocenters. The quantitative estimate of drug-likeness (QED) is 0.502. The molecule has 23 heavy (non-hydrogen) atoms. The number of allylic oxidation sites excluding steroid dienone is 2. The van der Waals surface area contributed by atoms with E-state index in [9.17, 15) is 14.5 Å². The minimum atomic E-state index is -0.410. The minimum Gasteiger partial charge on any atom is -0.375 e. The number of benzene rings is 2. The maximum absolute atomic E-state index is 14.2. The molecule has 0 aromatic heterocycles. The summed E-state index contributed by atoms with van der Waals surface area (Å²) in [6, 6.07) is 11.6. The molecule has 4 nitrogen and oxygen atoms in total. The average Bonchev–Trinajstić information content (AvgIpc) is 3.04. The Morgan fingerprint density at radius 3 is 2.70 bits per heavy atom. The molecule has 2 aromatic rings. The maximum Gasteiger partial charge on any atom is 0.269 e. The third-order valence-electron chi connectivity index (χ3n) is 4.81. The fourth-order valence-corrected chi connectivity index (χ4v) is 3.72. The lowest BCUT2D eigenvalue weighted by Crippen LogP contribution is -2.29. The molecule has 2 aromatic carbocycles. The van der Waals surface area contributed by atoms with E-state index >= 15 is 0 Å². The van der Waals surface area contributed by atoms with Gasteiger partial charge in [0.15, 0.2) is 0 Å². The standard InChI is InChI=1S/C18H15FN2O2/c19-16-6-2-5-15-13-3-1-4-14(13)17(20-18(15)16)11-7-9-12(10-8-11)21(22)23/h1-3,5-10,13-14,17,20H,4H2/t13-,14+,17+/m1/s1. The fourth-order valence-electron chi connectivity index (χ4n) is 3.72. The van der Waals surface area contributed by atoms with Crippen molar-refractivity contribution in [2.24, 2.45) is 5.92 Å².